The van der Waals surface area contributed by atoms with E-state index in [4.69, 9.17) is 14.2 Å². The van der Waals surface area contributed by atoms with Crippen LogP contribution in [-0.2, 0) is 25.4 Å². The predicted octanol–water partition coefficient (Wildman–Crippen LogP) is 1.72. The fraction of sp³-hybridized carbons (Fsp3) is 0.400. The summed E-state index contributed by atoms with van der Waals surface area (Å²) in [6.07, 6.45) is -2.33. The van der Waals surface area contributed by atoms with Crippen molar-refractivity contribution in [1.82, 2.24) is 19.5 Å². The van der Waals surface area contributed by atoms with Crippen LogP contribution in [0.2, 0.25) is 0 Å². The minimum atomic E-state index is -1.27. The van der Waals surface area contributed by atoms with Crippen LogP contribution in [0.4, 0.5) is 16.0 Å². The summed E-state index contributed by atoms with van der Waals surface area (Å²) in [5.74, 6) is -1.96. The molecule has 2 saturated heterocycles. The first-order valence-corrected chi connectivity index (χ1v) is 14.3. The molecular formula is C30H33FN6O7. The minimum Gasteiger partial charge on any atom is -0.394 e. The van der Waals surface area contributed by atoms with Gasteiger partial charge in [0, 0.05) is 33.0 Å². The Kier molecular flexibility index (Phi) is 8.42. The second-order valence-electron chi connectivity index (χ2n) is 10.8. The first-order chi connectivity index (χ1) is 21.3. The van der Waals surface area contributed by atoms with Crippen LogP contribution in [0, 0.1) is 5.82 Å². The smallest absolute Gasteiger partial charge is 0.280 e. The Morgan fingerprint density at radius 2 is 1.91 bits per heavy atom. The molecule has 4 aromatic rings. The van der Waals surface area contributed by atoms with E-state index in [2.05, 4.69) is 20.3 Å². The van der Waals surface area contributed by atoms with Crippen LogP contribution in [0.3, 0.4) is 0 Å². The molecule has 2 aromatic heterocycles. The predicted molar refractivity (Wildman–Crippen MR) is 156 cm³/mol. The summed E-state index contributed by atoms with van der Waals surface area (Å²) in [4.78, 5) is 38.6. The lowest BCUT2D eigenvalue weighted by atomic mass is 10.0. The van der Waals surface area contributed by atoms with Crippen LogP contribution >= 0.6 is 0 Å². The Bertz CT molecular complexity index is 1670. The van der Waals surface area contributed by atoms with E-state index in [-0.39, 0.29) is 35.3 Å². The number of carbonyl (C=O) groups is 1. The highest BCUT2D eigenvalue weighted by molar-refractivity contribution is 5.91. The number of piperidine rings is 1. The Hall–Kier alpha value is -4.21. The first-order valence-electron chi connectivity index (χ1n) is 14.3. The zero-order chi connectivity index (χ0) is 30.8. The van der Waals surface area contributed by atoms with Crippen LogP contribution in [0.15, 0.2) is 65.7 Å². The maximum absolute atomic E-state index is 14.4. The van der Waals surface area contributed by atoms with Crippen molar-refractivity contribution in [3.8, 4) is 0 Å². The molecule has 0 aliphatic carbocycles. The van der Waals surface area contributed by atoms with Gasteiger partial charge in [-0.05, 0) is 17.7 Å². The van der Waals surface area contributed by atoms with Crippen LogP contribution in [-0.4, -0.2) is 86.5 Å². The molecule has 2 fully saturated rings. The van der Waals surface area contributed by atoms with E-state index in [9.17, 15) is 24.2 Å². The van der Waals surface area contributed by atoms with Gasteiger partial charge < -0.3 is 29.3 Å². The molecule has 0 unspecified atom stereocenters. The fourth-order valence-electron chi connectivity index (χ4n) is 5.76. The average molecular weight is 609 g/mol. The van der Waals surface area contributed by atoms with Crippen LogP contribution in [0.5, 0.6) is 0 Å². The lowest BCUT2D eigenvalue weighted by Gasteiger charge is -2.43. The molecule has 2 aliphatic heterocycles. The molecule has 2 aromatic carbocycles. The number of aromatic nitrogens is 4. The number of imidazole rings is 1. The van der Waals surface area contributed by atoms with Gasteiger partial charge in [-0.15, -0.1) is 0 Å². The number of H-pyrrole nitrogens is 1. The Balaban J connectivity index is 1.25. The quantitative estimate of drug-likeness (QED) is 0.206. The highest BCUT2D eigenvalue weighted by Gasteiger charge is 2.50. The van der Waals surface area contributed by atoms with E-state index in [1.165, 1.54) is 24.1 Å². The van der Waals surface area contributed by atoms with Gasteiger partial charge in [0.25, 0.3) is 5.56 Å². The van der Waals surface area contributed by atoms with Crippen molar-refractivity contribution in [2.45, 2.75) is 49.6 Å². The van der Waals surface area contributed by atoms with Gasteiger partial charge in [-0.3, -0.25) is 24.5 Å². The van der Waals surface area contributed by atoms with Crippen LogP contribution in [0.25, 0.3) is 11.2 Å². The van der Waals surface area contributed by atoms with Gasteiger partial charge in [0.1, 0.15) is 24.1 Å². The number of rotatable bonds is 9. The molecule has 0 spiro atoms. The van der Waals surface area contributed by atoms with Gasteiger partial charge >= 0.3 is 0 Å². The average Bonchev–Trinajstić information content (AvgIpc) is 3.59. The van der Waals surface area contributed by atoms with E-state index < -0.39 is 42.5 Å². The van der Waals surface area contributed by atoms with Crippen molar-refractivity contribution in [2.24, 2.45) is 0 Å². The molecule has 14 heteroatoms. The summed E-state index contributed by atoms with van der Waals surface area (Å²) < 4.78 is 34.2. The molecule has 4 N–H and O–H groups in total. The number of aliphatic hydroxyl groups excluding tert-OH is 2. The topological polar surface area (TPSA) is 164 Å². The molecule has 0 saturated carbocycles. The van der Waals surface area contributed by atoms with Crippen molar-refractivity contribution in [3.05, 3.63) is 82.7 Å². The number of nitrogens with zero attached hydrogens (tertiary/aromatic N) is 4. The number of carbonyl (C=O) groups excluding carboxylic acids is 1. The molecule has 13 nitrogen and oxygen atoms in total. The third-order valence-corrected chi connectivity index (χ3v) is 8.11. The lowest BCUT2D eigenvalue weighted by molar-refractivity contribution is -0.275. The highest BCUT2D eigenvalue weighted by Crippen LogP contribution is 2.39. The van der Waals surface area contributed by atoms with E-state index in [1.54, 1.807) is 18.2 Å². The summed E-state index contributed by atoms with van der Waals surface area (Å²) in [5, 5.41) is 23.7. The monoisotopic (exact) mass is 608 g/mol. The molecule has 6 rings (SSSR count). The number of hydrogen-bond donors (Lipinski definition) is 4. The number of ether oxygens (including phenoxy) is 3. The fourth-order valence-corrected chi connectivity index (χ4v) is 5.76. The molecule has 0 bridgehead atoms. The number of fused-ring (bicyclic) bond motifs is 1. The lowest BCUT2D eigenvalue weighted by Crippen LogP contribution is -2.52. The molecule has 1 amide bonds. The zero-order valence-electron chi connectivity index (χ0n) is 23.9. The van der Waals surface area contributed by atoms with E-state index >= 15 is 0 Å². The van der Waals surface area contributed by atoms with Gasteiger partial charge in [-0.1, -0.05) is 42.5 Å². The van der Waals surface area contributed by atoms with Gasteiger partial charge in [-0.25, -0.2) is 9.37 Å². The summed E-state index contributed by atoms with van der Waals surface area (Å²) in [6, 6.07) is 15.6. The number of amides is 1. The number of halogens is 1. The summed E-state index contributed by atoms with van der Waals surface area (Å²) in [7, 11) is 1.50. The van der Waals surface area contributed by atoms with Crippen molar-refractivity contribution in [2.75, 3.05) is 37.0 Å². The summed E-state index contributed by atoms with van der Waals surface area (Å²) >= 11 is 0. The van der Waals surface area contributed by atoms with Crippen molar-refractivity contribution in [3.63, 3.8) is 0 Å². The Labute approximate surface area is 251 Å². The van der Waals surface area contributed by atoms with Gasteiger partial charge in [-0.2, -0.15) is 4.98 Å². The van der Waals surface area contributed by atoms with Gasteiger partial charge in [0.05, 0.1) is 25.0 Å². The number of methoxy groups -OCH3 is 1. The third-order valence-electron chi connectivity index (χ3n) is 8.11. The highest BCUT2D eigenvalue weighted by atomic mass is 19.1. The molecule has 4 atom stereocenters. The molecule has 2 aliphatic rings. The number of hydrogen-bond acceptors (Lipinski definition) is 10. The van der Waals surface area contributed by atoms with Crippen molar-refractivity contribution >= 4 is 28.7 Å². The molecule has 0 radical (unpaired) electrons. The Morgan fingerprint density at radius 3 is 2.61 bits per heavy atom. The number of para-hydroxylation sites is 1. The summed E-state index contributed by atoms with van der Waals surface area (Å²) in [6.45, 7) is 0.340. The SMILES string of the molecule is COC1(O[C@@H]2[C@H](O)[C@@H](CO)O[C@H]2n2cnc3c(=O)[nH]c(NC(=O)Cc4ccccc4)nc32)CCN(c2ccccc2F)CC1. The first kappa shape index (κ1) is 29.8. The standard InChI is InChI=1S/C30H33FN6O7/c1-42-30(11-13-36(14-12-30)20-10-6-5-9-19(20)31)44-25-24(40)21(16-38)43-28(25)37-17-32-23-26(37)34-29(35-27(23)41)33-22(39)15-18-7-3-2-4-8-18/h2-10,17,21,24-25,28,38,40H,11-16H2,1H3,(H2,33,34,35,39,41)/t21-,24-,25-,28-/m1/s1. The maximum atomic E-state index is 14.4. The third kappa shape index (κ3) is 5.81. The van der Waals surface area contributed by atoms with Gasteiger partial charge in [0.15, 0.2) is 23.2 Å². The Morgan fingerprint density at radius 1 is 1.18 bits per heavy atom. The largest absolute Gasteiger partial charge is 0.394 e. The number of nitrogens with one attached hydrogen (secondary N) is 2. The van der Waals surface area contributed by atoms with Crippen LogP contribution in [0.1, 0.15) is 24.6 Å². The van der Waals surface area contributed by atoms with Crippen LogP contribution < -0.4 is 15.8 Å². The van der Waals surface area contributed by atoms with Gasteiger partial charge in [0.2, 0.25) is 11.9 Å². The number of benzene rings is 2. The van der Waals surface area contributed by atoms with E-state index in [1.807, 2.05) is 35.2 Å². The van der Waals surface area contributed by atoms with Crippen molar-refractivity contribution < 1.29 is 33.6 Å². The number of anilines is 2. The molecule has 232 valence electrons. The van der Waals surface area contributed by atoms with Crippen molar-refractivity contribution in [1.29, 1.82) is 0 Å². The molecular weight excluding hydrogens is 575 g/mol. The zero-order valence-corrected chi connectivity index (χ0v) is 23.9. The molecule has 44 heavy (non-hydrogen) atoms. The second kappa shape index (κ2) is 12.4. The van der Waals surface area contributed by atoms with E-state index in [0.717, 1.165) is 5.56 Å². The maximum Gasteiger partial charge on any atom is 0.280 e. The molecule has 4 heterocycles. The number of aliphatic hydroxyl groups is 2. The summed E-state index contributed by atoms with van der Waals surface area (Å²) in [5.41, 5.74) is 0.734. The normalized spacial score (nSPS) is 23.2. The second-order valence-corrected chi connectivity index (χ2v) is 10.8. The minimum absolute atomic E-state index is 0.0185. The van der Waals surface area contributed by atoms with E-state index in [0.29, 0.717) is 31.6 Å². The number of aromatic amines is 1.